The first kappa shape index (κ1) is 17.3. The van der Waals surface area contributed by atoms with Crippen molar-refractivity contribution in [1.29, 1.82) is 0 Å². The van der Waals surface area contributed by atoms with Gasteiger partial charge in [0.25, 0.3) is 0 Å². The highest BCUT2D eigenvalue weighted by molar-refractivity contribution is 9.10. The molecule has 0 fully saturated rings. The first-order chi connectivity index (χ1) is 12.5. The minimum atomic E-state index is -0.495. The van der Waals surface area contributed by atoms with Gasteiger partial charge in [-0.3, -0.25) is 0 Å². The van der Waals surface area contributed by atoms with E-state index < -0.39 is 5.97 Å². The molecule has 1 aliphatic rings. The summed E-state index contributed by atoms with van der Waals surface area (Å²) in [6.45, 7) is 0. The van der Waals surface area contributed by atoms with E-state index in [1.807, 2.05) is 42.5 Å². The zero-order valence-corrected chi connectivity index (χ0v) is 16.6. The van der Waals surface area contributed by atoms with Crippen molar-refractivity contribution in [3.05, 3.63) is 68.1 Å². The van der Waals surface area contributed by atoms with Gasteiger partial charge in [0, 0.05) is 14.6 Å². The molecule has 0 saturated carbocycles. The molecule has 130 valence electrons. The van der Waals surface area contributed by atoms with E-state index in [0.29, 0.717) is 9.90 Å². The molecule has 4 nitrogen and oxygen atoms in total. The van der Waals surface area contributed by atoms with Crippen molar-refractivity contribution in [1.82, 2.24) is 0 Å². The molecule has 2 heterocycles. The SMILES string of the molecule is COc1ccc(/C=C2/N=C(c3sc4cc(Br)ccc4c3Cl)OC2=O)cc1. The molecule has 0 unspecified atom stereocenters. The average Bonchev–Trinajstić information content (AvgIpc) is 3.15. The fraction of sp³-hybridized carbons (Fsp3) is 0.0526. The van der Waals surface area contributed by atoms with E-state index in [9.17, 15) is 4.79 Å². The molecule has 0 saturated heterocycles. The molecule has 0 bridgehead atoms. The van der Waals surface area contributed by atoms with Crippen molar-refractivity contribution in [2.45, 2.75) is 0 Å². The number of esters is 1. The number of benzene rings is 2. The Hall–Kier alpha value is -2.15. The number of fused-ring (bicyclic) bond motifs is 1. The lowest BCUT2D eigenvalue weighted by molar-refractivity contribution is -0.129. The van der Waals surface area contributed by atoms with Gasteiger partial charge < -0.3 is 9.47 Å². The number of methoxy groups -OCH3 is 1. The Morgan fingerprint density at radius 2 is 2.00 bits per heavy atom. The first-order valence-corrected chi connectivity index (χ1v) is 9.58. The smallest absolute Gasteiger partial charge is 0.363 e. The molecule has 0 spiro atoms. The van der Waals surface area contributed by atoms with Gasteiger partial charge in [0.1, 0.15) is 10.6 Å². The second-order valence-corrected chi connectivity index (χ2v) is 7.84. The molecule has 0 aliphatic carbocycles. The van der Waals surface area contributed by atoms with E-state index in [0.717, 1.165) is 25.9 Å². The maximum absolute atomic E-state index is 12.2. The van der Waals surface area contributed by atoms with Crippen LogP contribution in [0.4, 0.5) is 0 Å². The van der Waals surface area contributed by atoms with Crippen LogP contribution in [0.5, 0.6) is 5.75 Å². The van der Waals surface area contributed by atoms with Crippen molar-refractivity contribution in [3.8, 4) is 5.75 Å². The number of halogens is 2. The molecule has 4 rings (SSSR count). The van der Waals surface area contributed by atoms with Gasteiger partial charge in [-0.05, 0) is 35.9 Å². The summed E-state index contributed by atoms with van der Waals surface area (Å²) in [5, 5.41) is 1.44. The lowest BCUT2D eigenvalue weighted by Crippen LogP contribution is -2.04. The number of aliphatic imine (C=N–C) groups is 1. The van der Waals surface area contributed by atoms with Gasteiger partial charge in [0.15, 0.2) is 5.70 Å². The number of carbonyl (C=O) groups is 1. The lowest BCUT2D eigenvalue weighted by Gasteiger charge is -1.99. The maximum atomic E-state index is 12.2. The summed E-state index contributed by atoms with van der Waals surface area (Å²) in [5.41, 5.74) is 1.06. The molecular weight excluding hydrogens is 438 g/mol. The van der Waals surface area contributed by atoms with Crippen LogP contribution < -0.4 is 4.74 Å². The van der Waals surface area contributed by atoms with Gasteiger partial charge in [-0.25, -0.2) is 9.79 Å². The molecule has 1 aromatic heterocycles. The predicted molar refractivity (Wildman–Crippen MR) is 108 cm³/mol. The topological polar surface area (TPSA) is 47.9 Å². The van der Waals surface area contributed by atoms with Crippen molar-refractivity contribution >= 4 is 66.9 Å². The highest BCUT2D eigenvalue weighted by Gasteiger charge is 2.28. The number of thiophene rings is 1. The number of hydrogen-bond acceptors (Lipinski definition) is 5. The molecule has 0 radical (unpaired) electrons. The predicted octanol–water partition coefficient (Wildman–Crippen LogP) is 5.67. The van der Waals surface area contributed by atoms with Crippen molar-refractivity contribution < 1.29 is 14.3 Å². The van der Waals surface area contributed by atoms with Gasteiger partial charge in [-0.2, -0.15) is 0 Å². The minimum absolute atomic E-state index is 0.233. The molecule has 0 N–H and O–H groups in total. The summed E-state index contributed by atoms with van der Waals surface area (Å²) in [6, 6.07) is 13.1. The number of rotatable bonds is 3. The summed E-state index contributed by atoms with van der Waals surface area (Å²) < 4.78 is 12.4. The van der Waals surface area contributed by atoms with Crippen LogP contribution in [0.15, 0.2) is 57.6 Å². The number of carbonyl (C=O) groups excluding carboxylic acids is 1. The molecule has 7 heteroatoms. The second-order valence-electron chi connectivity index (χ2n) is 5.49. The Labute approximate surface area is 166 Å². The molecule has 0 atom stereocenters. The number of nitrogens with zero attached hydrogens (tertiary/aromatic N) is 1. The lowest BCUT2D eigenvalue weighted by atomic mass is 10.2. The quantitative estimate of drug-likeness (QED) is 0.383. The number of hydrogen-bond donors (Lipinski definition) is 0. The summed E-state index contributed by atoms with van der Waals surface area (Å²) in [5.74, 6) is 0.483. The average molecular weight is 449 g/mol. The van der Waals surface area contributed by atoms with Crippen LogP contribution in [-0.4, -0.2) is 19.0 Å². The van der Waals surface area contributed by atoms with Gasteiger partial charge in [-0.1, -0.05) is 45.7 Å². The van der Waals surface area contributed by atoms with Crippen molar-refractivity contribution in [3.63, 3.8) is 0 Å². The van der Waals surface area contributed by atoms with Crippen LogP contribution in [0.2, 0.25) is 5.02 Å². The first-order valence-electron chi connectivity index (χ1n) is 7.59. The van der Waals surface area contributed by atoms with Crippen LogP contribution >= 0.6 is 38.9 Å². The van der Waals surface area contributed by atoms with Crippen LogP contribution in [0.3, 0.4) is 0 Å². The van der Waals surface area contributed by atoms with Crippen molar-refractivity contribution in [2.24, 2.45) is 4.99 Å². The molecule has 1 aliphatic heterocycles. The van der Waals surface area contributed by atoms with E-state index in [1.165, 1.54) is 11.3 Å². The molecule has 3 aromatic rings. The Kier molecular flexibility index (Phi) is 4.56. The summed E-state index contributed by atoms with van der Waals surface area (Å²) in [4.78, 5) is 17.2. The zero-order valence-electron chi connectivity index (χ0n) is 13.5. The van der Waals surface area contributed by atoms with E-state index in [-0.39, 0.29) is 11.6 Å². The van der Waals surface area contributed by atoms with Crippen LogP contribution in [0, 0.1) is 0 Å². The summed E-state index contributed by atoms with van der Waals surface area (Å²) >= 11 is 11.4. The van der Waals surface area contributed by atoms with Crippen molar-refractivity contribution in [2.75, 3.05) is 7.11 Å². The summed E-state index contributed by atoms with van der Waals surface area (Å²) in [6.07, 6.45) is 1.67. The monoisotopic (exact) mass is 447 g/mol. The van der Waals surface area contributed by atoms with Gasteiger partial charge >= 0.3 is 5.97 Å². The van der Waals surface area contributed by atoms with E-state index in [1.54, 1.807) is 13.2 Å². The molecule has 26 heavy (non-hydrogen) atoms. The maximum Gasteiger partial charge on any atom is 0.363 e. The number of ether oxygens (including phenoxy) is 2. The van der Waals surface area contributed by atoms with Gasteiger partial charge in [0.2, 0.25) is 5.90 Å². The normalized spacial score (nSPS) is 15.4. The third-order valence-corrected chi connectivity index (χ3v) is 5.96. The molecule has 2 aromatic carbocycles. The fourth-order valence-electron chi connectivity index (χ4n) is 2.54. The highest BCUT2D eigenvalue weighted by atomic mass is 79.9. The standard InChI is InChI=1S/C19H11BrClNO3S/c1-24-12-5-2-10(3-6-12)8-14-19(23)25-18(22-14)17-16(21)13-7-4-11(20)9-15(13)26-17/h2-9H,1H3/b14-8+. The second kappa shape index (κ2) is 6.87. The van der Waals surface area contributed by atoms with Gasteiger partial charge in [-0.15, -0.1) is 11.3 Å². The molecular formula is C19H11BrClNO3S. The largest absolute Gasteiger partial charge is 0.497 e. The van der Waals surface area contributed by atoms with Crippen LogP contribution in [0.1, 0.15) is 10.4 Å². The minimum Gasteiger partial charge on any atom is -0.497 e. The third-order valence-electron chi connectivity index (χ3n) is 3.83. The Bertz CT molecular complexity index is 1090. The van der Waals surface area contributed by atoms with E-state index >= 15 is 0 Å². The molecule has 0 amide bonds. The Morgan fingerprint density at radius 3 is 2.73 bits per heavy atom. The number of cyclic esters (lactones) is 1. The Morgan fingerprint density at radius 1 is 1.23 bits per heavy atom. The van der Waals surface area contributed by atoms with E-state index in [4.69, 9.17) is 21.1 Å². The fourth-order valence-corrected chi connectivity index (χ4v) is 4.53. The zero-order chi connectivity index (χ0) is 18.3. The van der Waals surface area contributed by atoms with Crippen LogP contribution in [0.25, 0.3) is 16.2 Å². The highest BCUT2D eigenvalue weighted by Crippen LogP contribution is 2.38. The third kappa shape index (κ3) is 3.16. The van der Waals surface area contributed by atoms with Gasteiger partial charge in [0.05, 0.1) is 12.1 Å². The summed E-state index contributed by atoms with van der Waals surface area (Å²) in [7, 11) is 1.60. The van der Waals surface area contributed by atoms with Crippen LogP contribution in [-0.2, 0) is 9.53 Å². The Balaban J connectivity index is 1.72. The van der Waals surface area contributed by atoms with E-state index in [2.05, 4.69) is 20.9 Å².